The van der Waals surface area contributed by atoms with Crippen LogP contribution in [0.2, 0.25) is 0 Å². The first kappa shape index (κ1) is 32.0. The third kappa shape index (κ3) is 7.12. The maximum absolute atomic E-state index is 14.8. The van der Waals surface area contributed by atoms with Gasteiger partial charge in [-0.3, -0.25) is 14.5 Å². The lowest BCUT2D eigenvalue weighted by atomic mass is 9.67. The lowest BCUT2D eigenvalue weighted by Gasteiger charge is -2.47. The van der Waals surface area contributed by atoms with Crippen LogP contribution in [0.25, 0.3) is 0 Å². The van der Waals surface area contributed by atoms with Crippen molar-refractivity contribution in [1.29, 1.82) is 0 Å². The molecule has 5 aliphatic rings. The van der Waals surface area contributed by atoms with Crippen molar-refractivity contribution in [3.63, 3.8) is 0 Å². The van der Waals surface area contributed by atoms with Crippen LogP contribution in [-0.4, -0.2) is 111 Å². The second-order valence-electron chi connectivity index (χ2n) is 14.2. The Hall–Kier alpha value is -1.37. The van der Waals surface area contributed by atoms with Crippen molar-refractivity contribution in [2.24, 2.45) is 40.6 Å². The van der Waals surface area contributed by atoms with Crippen LogP contribution in [0.3, 0.4) is 0 Å². The zero-order chi connectivity index (χ0) is 29.9. The summed E-state index contributed by atoms with van der Waals surface area (Å²) in [5, 5.41) is 13.6. The number of carbonyl (C=O) groups is 2. The molecule has 0 radical (unpaired) electrons. The number of rotatable bonds is 6. The van der Waals surface area contributed by atoms with Crippen LogP contribution in [0.4, 0.5) is 4.39 Å². The number of amides is 2. The van der Waals surface area contributed by atoms with Gasteiger partial charge in [-0.05, 0) is 75.4 Å². The predicted molar refractivity (Wildman–Crippen MR) is 163 cm³/mol. The summed E-state index contributed by atoms with van der Waals surface area (Å²) in [5.74, 6) is 0.451. The van der Waals surface area contributed by atoms with E-state index in [1.165, 1.54) is 0 Å². The van der Waals surface area contributed by atoms with Crippen molar-refractivity contribution in [3.8, 4) is 0 Å². The third-order valence-corrected chi connectivity index (χ3v) is 11.6. The lowest BCUT2D eigenvalue weighted by Crippen LogP contribution is -2.67. The molecule has 8 atom stereocenters. The molecule has 2 amide bonds. The molecule has 1 saturated carbocycles. The Bertz CT molecular complexity index is 911. The quantitative estimate of drug-likeness (QED) is 0.243. The highest BCUT2D eigenvalue weighted by Gasteiger charge is 2.47. The summed E-state index contributed by atoms with van der Waals surface area (Å²) in [5.41, 5.74) is 12.7. The summed E-state index contributed by atoms with van der Waals surface area (Å²) in [4.78, 5) is 31.7. The molecule has 5 fully saturated rings. The topological polar surface area (TPSA) is 141 Å². The van der Waals surface area contributed by atoms with E-state index >= 15 is 0 Å². The van der Waals surface area contributed by atoms with E-state index in [9.17, 15) is 14.0 Å². The molecular weight excluding hydrogens is 535 g/mol. The first-order valence-electron chi connectivity index (χ1n) is 16.8. The van der Waals surface area contributed by atoms with Crippen LogP contribution in [-0.2, 0) is 9.59 Å². The van der Waals surface area contributed by atoms with E-state index in [0.29, 0.717) is 30.7 Å². The summed E-state index contributed by atoms with van der Waals surface area (Å²) in [7, 11) is 0. The number of nitrogens with two attached hydrogens (primary N) is 2. The summed E-state index contributed by atoms with van der Waals surface area (Å²) < 4.78 is 14.8. The normalized spacial score (nSPS) is 38.3. The third-order valence-electron chi connectivity index (χ3n) is 11.6. The summed E-state index contributed by atoms with van der Waals surface area (Å²) in [6.45, 7) is 11.4. The molecule has 0 bridgehead atoms. The molecule has 0 aromatic rings. The zero-order valence-corrected chi connectivity index (χ0v) is 26.0. The van der Waals surface area contributed by atoms with Crippen LogP contribution in [0.15, 0.2) is 0 Å². The van der Waals surface area contributed by atoms with Gasteiger partial charge < -0.3 is 37.6 Å². The van der Waals surface area contributed by atoms with E-state index in [1.54, 1.807) is 0 Å². The molecule has 4 aliphatic heterocycles. The SMILES string of the molecule is CC1CNCC(NC(=O)C(C(N)N)C2CC3(CCCC3C)CCC(F)CN2)C1N1CCC(C(=O)N2CCNCC2)CC1. The van der Waals surface area contributed by atoms with Gasteiger partial charge in [0, 0.05) is 57.3 Å². The van der Waals surface area contributed by atoms with Crippen LogP contribution in [0, 0.1) is 29.1 Å². The molecule has 5 rings (SSSR count). The van der Waals surface area contributed by atoms with Crippen LogP contribution in [0.5, 0.6) is 0 Å². The van der Waals surface area contributed by atoms with Gasteiger partial charge in [-0.25, -0.2) is 4.39 Å². The van der Waals surface area contributed by atoms with Gasteiger partial charge in [0.15, 0.2) is 0 Å². The van der Waals surface area contributed by atoms with Crippen molar-refractivity contribution in [2.45, 2.75) is 95.7 Å². The Morgan fingerprint density at radius 2 is 1.69 bits per heavy atom. The standard InChI is InChI=1S/C31H57FN8O2/c1-20-17-36-19-25(27(20)39-12-6-22(7-13-39)30(42)40-14-10-35-11-15-40)38-29(41)26(28(33)34)24-16-31(8-3-4-21(31)2)9-5-23(32)18-37-24/h20-28,35-37H,3-19,33-34H2,1-2H3,(H,38,41). The van der Waals surface area contributed by atoms with Gasteiger partial charge in [0.2, 0.25) is 11.8 Å². The molecule has 10 nitrogen and oxygen atoms in total. The molecule has 1 spiro atoms. The van der Waals surface area contributed by atoms with Gasteiger partial charge in [-0.2, -0.15) is 0 Å². The van der Waals surface area contributed by atoms with Gasteiger partial charge >= 0.3 is 0 Å². The molecule has 11 heteroatoms. The van der Waals surface area contributed by atoms with Crippen molar-refractivity contribution >= 4 is 11.8 Å². The van der Waals surface area contributed by atoms with Crippen molar-refractivity contribution in [3.05, 3.63) is 0 Å². The predicted octanol–water partition coefficient (Wildman–Crippen LogP) is 0.369. The Morgan fingerprint density at radius 1 is 0.952 bits per heavy atom. The van der Waals surface area contributed by atoms with Crippen molar-refractivity contribution in [1.82, 2.24) is 31.1 Å². The largest absolute Gasteiger partial charge is 0.350 e. The highest BCUT2D eigenvalue weighted by molar-refractivity contribution is 5.80. The average Bonchev–Trinajstić information content (AvgIpc) is 3.34. The summed E-state index contributed by atoms with van der Waals surface area (Å²) in [6.07, 6.45) is 5.56. The number of likely N-dealkylation sites (tertiary alicyclic amines) is 1. The van der Waals surface area contributed by atoms with Gasteiger partial charge in [0.1, 0.15) is 6.17 Å². The Kier molecular flexibility index (Phi) is 10.8. The van der Waals surface area contributed by atoms with Gasteiger partial charge in [0.05, 0.1) is 18.1 Å². The molecular formula is C31H57FN8O2. The Labute approximate surface area is 252 Å². The molecule has 8 N–H and O–H groups in total. The molecule has 0 aromatic carbocycles. The Balaban J connectivity index is 1.25. The minimum absolute atomic E-state index is 0.0335. The van der Waals surface area contributed by atoms with Gasteiger partial charge in [-0.15, -0.1) is 0 Å². The second-order valence-corrected chi connectivity index (χ2v) is 14.2. The van der Waals surface area contributed by atoms with E-state index in [0.717, 1.165) is 90.8 Å². The fourth-order valence-corrected chi connectivity index (χ4v) is 9.03. The number of piperidine rings is 2. The molecule has 240 valence electrons. The van der Waals surface area contributed by atoms with Crippen LogP contribution < -0.4 is 32.7 Å². The van der Waals surface area contributed by atoms with Crippen LogP contribution >= 0.6 is 0 Å². The highest BCUT2D eigenvalue weighted by Crippen LogP contribution is 2.51. The van der Waals surface area contributed by atoms with E-state index in [-0.39, 0.29) is 41.9 Å². The zero-order valence-electron chi connectivity index (χ0n) is 26.0. The lowest BCUT2D eigenvalue weighted by molar-refractivity contribution is -0.138. The number of carbonyl (C=O) groups excluding carboxylic acids is 2. The summed E-state index contributed by atoms with van der Waals surface area (Å²) in [6, 6.07) is -0.185. The maximum Gasteiger partial charge on any atom is 0.227 e. The van der Waals surface area contributed by atoms with Crippen molar-refractivity contribution in [2.75, 3.05) is 58.9 Å². The fourth-order valence-electron chi connectivity index (χ4n) is 9.03. The average molecular weight is 593 g/mol. The second kappa shape index (κ2) is 14.2. The molecule has 1 aliphatic carbocycles. The Morgan fingerprint density at radius 3 is 2.36 bits per heavy atom. The van der Waals surface area contributed by atoms with E-state index in [2.05, 4.69) is 40.0 Å². The number of alkyl halides is 1. The number of hydrogen-bond acceptors (Lipinski definition) is 8. The summed E-state index contributed by atoms with van der Waals surface area (Å²) >= 11 is 0. The number of halogens is 1. The number of piperazine rings is 1. The van der Waals surface area contributed by atoms with Gasteiger partial charge in [-0.1, -0.05) is 26.7 Å². The monoisotopic (exact) mass is 592 g/mol. The molecule has 8 unspecified atom stereocenters. The smallest absolute Gasteiger partial charge is 0.227 e. The number of nitrogens with zero attached hydrogens (tertiary/aromatic N) is 2. The number of hydrogen-bond donors (Lipinski definition) is 6. The van der Waals surface area contributed by atoms with E-state index in [1.807, 2.05) is 4.90 Å². The van der Waals surface area contributed by atoms with Gasteiger partial charge in [0.25, 0.3) is 0 Å². The van der Waals surface area contributed by atoms with E-state index < -0.39 is 18.3 Å². The first-order valence-corrected chi connectivity index (χ1v) is 16.8. The highest BCUT2D eigenvalue weighted by atomic mass is 19.1. The molecule has 4 heterocycles. The number of nitrogens with one attached hydrogen (secondary N) is 4. The first-order chi connectivity index (χ1) is 20.2. The van der Waals surface area contributed by atoms with E-state index in [4.69, 9.17) is 11.5 Å². The minimum atomic E-state index is -0.927. The molecule has 0 aromatic heterocycles. The fraction of sp³-hybridized carbons (Fsp3) is 0.935. The van der Waals surface area contributed by atoms with Crippen molar-refractivity contribution < 1.29 is 14.0 Å². The molecule has 42 heavy (non-hydrogen) atoms. The maximum atomic E-state index is 14.8. The molecule has 4 saturated heterocycles. The minimum Gasteiger partial charge on any atom is -0.350 e. The van der Waals surface area contributed by atoms with Crippen LogP contribution in [0.1, 0.15) is 65.2 Å².